The number of ether oxygens (including phenoxy) is 1. The largest absolute Gasteiger partial charge is 0.368 e. The van der Waals surface area contributed by atoms with E-state index in [1.165, 1.54) is 18.2 Å². The van der Waals surface area contributed by atoms with E-state index in [-0.39, 0.29) is 22.9 Å². The van der Waals surface area contributed by atoms with E-state index < -0.39 is 5.82 Å². The van der Waals surface area contributed by atoms with Crippen molar-refractivity contribution in [2.45, 2.75) is 25.4 Å². The van der Waals surface area contributed by atoms with Crippen molar-refractivity contribution in [3.8, 4) is 0 Å². The van der Waals surface area contributed by atoms with E-state index in [1.807, 2.05) is 0 Å². The molecule has 1 atom stereocenters. The Balaban J connectivity index is 1.63. The number of hydrogen-bond acceptors (Lipinski definition) is 3. The molecule has 2 amide bonds. The first-order chi connectivity index (χ1) is 11.6. The SMILES string of the molecule is O=C(c1ccc(F)c(Cl)c1)N1CCCN(C(=O)C2CCCO2)CC1. The van der Waals surface area contributed by atoms with E-state index in [9.17, 15) is 14.0 Å². The summed E-state index contributed by atoms with van der Waals surface area (Å²) < 4.78 is 18.7. The van der Waals surface area contributed by atoms with Crippen molar-refractivity contribution in [2.24, 2.45) is 0 Å². The van der Waals surface area contributed by atoms with Gasteiger partial charge in [0.15, 0.2) is 0 Å². The van der Waals surface area contributed by atoms with E-state index >= 15 is 0 Å². The molecular weight excluding hydrogens is 335 g/mol. The fourth-order valence-electron chi connectivity index (χ4n) is 3.13. The molecule has 0 aliphatic carbocycles. The molecule has 1 unspecified atom stereocenters. The molecule has 5 nitrogen and oxygen atoms in total. The van der Waals surface area contributed by atoms with Crippen molar-refractivity contribution in [3.05, 3.63) is 34.6 Å². The molecule has 2 aliphatic heterocycles. The maximum atomic E-state index is 13.2. The van der Waals surface area contributed by atoms with Crippen LogP contribution < -0.4 is 0 Å². The Morgan fingerprint density at radius 1 is 1.12 bits per heavy atom. The number of carbonyl (C=O) groups excluding carboxylic acids is 2. The highest BCUT2D eigenvalue weighted by Crippen LogP contribution is 2.19. The quantitative estimate of drug-likeness (QED) is 0.819. The van der Waals surface area contributed by atoms with Crippen LogP contribution in [0.5, 0.6) is 0 Å². The molecule has 130 valence electrons. The molecule has 2 saturated heterocycles. The first-order valence-electron chi connectivity index (χ1n) is 8.21. The summed E-state index contributed by atoms with van der Waals surface area (Å²) >= 11 is 5.75. The monoisotopic (exact) mass is 354 g/mol. The highest BCUT2D eigenvalue weighted by atomic mass is 35.5. The Morgan fingerprint density at radius 3 is 2.58 bits per heavy atom. The Kier molecular flexibility index (Phi) is 5.36. The zero-order valence-electron chi connectivity index (χ0n) is 13.3. The molecule has 3 rings (SSSR count). The lowest BCUT2D eigenvalue weighted by Crippen LogP contribution is -2.41. The minimum atomic E-state index is -0.544. The lowest BCUT2D eigenvalue weighted by Gasteiger charge is -2.24. The van der Waals surface area contributed by atoms with Gasteiger partial charge >= 0.3 is 0 Å². The van der Waals surface area contributed by atoms with Crippen LogP contribution in [0.15, 0.2) is 18.2 Å². The van der Waals surface area contributed by atoms with Gasteiger partial charge in [-0.25, -0.2) is 4.39 Å². The maximum absolute atomic E-state index is 13.2. The van der Waals surface area contributed by atoms with Crippen LogP contribution in [0.3, 0.4) is 0 Å². The van der Waals surface area contributed by atoms with Crippen LogP contribution in [0.1, 0.15) is 29.6 Å². The zero-order chi connectivity index (χ0) is 17.1. The zero-order valence-corrected chi connectivity index (χ0v) is 14.1. The second-order valence-corrected chi connectivity index (χ2v) is 6.51. The molecule has 1 aromatic rings. The van der Waals surface area contributed by atoms with Gasteiger partial charge in [0.25, 0.3) is 11.8 Å². The highest BCUT2D eigenvalue weighted by Gasteiger charge is 2.30. The molecule has 1 aromatic carbocycles. The summed E-state index contributed by atoms with van der Waals surface area (Å²) in [4.78, 5) is 28.5. The van der Waals surface area contributed by atoms with E-state index in [0.29, 0.717) is 44.8 Å². The predicted molar refractivity (Wildman–Crippen MR) is 87.5 cm³/mol. The molecule has 2 fully saturated rings. The van der Waals surface area contributed by atoms with Crippen LogP contribution in [-0.4, -0.2) is 60.5 Å². The molecule has 2 heterocycles. The number of nitrogens with zero attached hydrogens (tertiary/aromatic N) is 2. The van der Waals surface area contributed by atoms with Gasteiger partial charge in [0.1, 0.15) is 11.9 Å². The minimum absolute atomic E-state index is 0.0200. The lowest BCUT2D eigenvalue weighted by molar-refractivity contribution is -0.140. The van der Waals surface area contributed by atoms with Crippen LogP contribution in [0.2, 0.25) is 5.02 Å². The van der Waals surface area contributed by atoms with E-state index in [2.05, 4.69) is 0 Å². The average molecular weight is 355 g/mol. The third kappa shape index (κ3) is 3.70. The smallest absolute Gasteiger partial charge is 0.253 e. The van der Waals surface area contributed by atoms with Gasteiger partial charge in [-0.15, -0.1) is 0 Å². The summed E-state index contributed by atoms with van der Waals surface area (Å²) in [7, 11) is 0. The first-order valence-corrected chi connectivity index (χ1v) is 8.59. The van der Waals surface area contributed by atoms with Gasteiger partial charge in [0.2, 0.25) is 0 Å². The minimum Gasteiger partial charge on any atom is -0.368 e. The summed E-state index contributed by atoms with van der Waals surface area (Å²) in [5.74, 6) is -0.715. The normalized spacial score (nSPS) is 21.7. The number of amides is 2. The van der Waals surface area contributed by atoms with Crippen LogP contribution >= 0.6 is 11.6 Å². The van der Waals surface area contributed by atoms with Crippen LogP contribution in [-0.2, 0) is 9.53 Å². The molecular formula is C17H20ClFN2O3. The molecule has 24 heavy (non-hydrogen) atoms. The average Bonchev–Trinajstić information content (AvgIpc) is 3.00. The molecule has 0 saturated carbocycles. The van der Waals surface area contributed by atoms with Gasteiger partial charge in [0, 0.05) is 38.3 Å². The van der Waals surface area contributed by atoms with Crippen molar-refractivity contribution < 1.29 is 18.7 Å². The summed E-state index contributed by atoms with van der Waals surface area (Å²) in [5.41, 5.74) is 0.361. The van der Waals surface area contributed by atoms with E-state index in [1.54, 1.807) is 9.80 Å². The van der Waals surface area contributed by atoms with Gasteiger partial charge in [-0.1, -0.05) is 11.6 Å². The molecule has 0 bridgehead atoms. The topological polar surface area (TPSA) is 49.9 Å². The Bertz CT molecular complexity index is 634. The predicted octanol–water partition coefficient (Wildman–Crippen LogP) is 2.33. The van der Waals surface area contributed by atoms with Crippen LogP contribution in [0.25, 0.3) is 0 Å². The standard InChI is InChI=1S/C17H20ClFN2O3/c18-13-11-12(4-5-14(13)19)16(22)20-6-2-7-21(9-8-20)17(23)15-3-1-10-24-15/h4-5,11,15H,1-3,6-10H2. The highest BCUT2D eigenvalue weighted by molar-refractivity contribution is 6.31. The van der Waals surface area contributed by atoms with Crippen molar-refractivity contribution in [2.75, 3.05) is 32.8 Å². The van der Waals surface area contributed by atoms with Gasteiger partial charge in [0.05, 0.1) is 5.02 Å². The Morgan fingerprint density at radius 2 is 1.88 bits per heavy atom. The second-order valence-electron chi connectivity index (χ2n) is 6.10. The molecule has 0 radical (unpaired) electrons. The molecule has 0 aromatic heterocycles. The number of carbonyl (C=O) groups is 2. The summed E-state index contributed by atoms with van der Waals surface area (Å²) in [5, 5.41) is -0.0640. The van der Waals surface area contributed by atoms with E-state index in [4.69, 9.17) is 16.3 Å². The first kappa shape index (κ1) is 17.2. The molecule has 0 N–H and O–H groups in total. The van der Waals surface area contributed by atoms with Crippen LogP contribution in [0, 0.1) is 5.82 Å². The van der Waals surface area contributed by atoms with Crippen molar-refractivity contribution in [3.63, 3.8) is 0 Å². The maximum Gasteiger partial charge on any atom is 0.253 e. The molecule has 7 heteroatoms. The van der Waals surface area contributed by atoms with Gasteiger partial charge in [-0.05, 0) is 37.5 Å². The number of rotatable bonds is 2. The summed E-state index contributed by atoms with van der Waals surface area (Å²) in [6.07, 6.45) is 2.06. The summed E-state index contributed by atoms with van der Waals surface area (Å²) in [6.45, 7) is 2.75. The fourth-order valence-corrected chi connectivity index (χ4v) is 3.31. The fraction of sp³-hybridized carbons (Fsp3) is 0.529. The van der Waals surface area contributed by atoms with Crippen LogP contribution in [0.4, 0.5) is 4.39 Å². The number of halogens is 2. The van der Waals surface area contributed by atoms with Gasteiger partial charge in [-0.2, -0.15) is 0 Å². The lowest BCUT2D eigenvalue weighted by atomic mass is 10.2. The van der Waals surface area contributed by atoms with Gasteiger partial charge in [-0.3, -0.25) is 9.59 Å². The van der Waals surface area contributed by atoms with Gasteiger partial charge < -0.3 is 14.5 Å². The second kappa shape index (κ2) is 7.49. The Labute approximate surface area is 145 Å². The van der Waals surface area contributed by atoms with Crippen molar-refractivity contribution in [1.29, 1.82) is 0 Å². The van der Waals surface area contributed by atoms with Crippen molar-refractivity contribution >= 4 is 23.4 Å². The summed E-state index contributed by atoms with van der Waals surface area (Å²) in [6, 6.07) is 3.98. The Hall–Kier alpha value is -1.66. The van der Waals surface area contributed by atoms with Crippen molar-refractivity contribution in [1.82, 2.24) is 9.80 Å². The molecule has 2 aliphatic rings. The molecule has 0 spiro atoms. The number of hydrogen-bond donors (Lipinski definition) is 0. The number of benzene rings is 1. The van der Waals surface area contributed by atoms with E-state index in [0.717, 1.165) is 12.8 Å². The third-order valence-corrected chi connectivity index (χ3v) is 4.76. The third-order valence-electron chi connectivity index (χ3n) is 4.47.